The number of nitrogens with zero attached hydrogens (tertiary/aromatic N) is 2. The largest absolute Gasteiger partial charge is 0.435 e. The minimum atomic E-state index is -4.49. The van der Waals surface area contributed by atoms with Crippen LogP contribution in [0.2, 0.25) is 0 Å². The quantitative estimate of drug-likeness (QED) is 0.874. The van der Waals surface area contributed by atoms with Crippen molar-refractivity contribution in [1.29, 1.82) is 0 Å². The molecule has 26 heavy (non-hydrogen) atoms. The summed E-state index contributed by atoms with van der Waals surface area (Å²) in [6.45, 7) is 3.44. The molecule has 1 unspecified atom stereocenters. The van der Waals surface area contributed by atoms with Gasteiger partial charge in [-0.25, -0.2) is 0 Å². The topological polar surface area (TPSA) is 46.9 Å². The van der Waals surface area contributed by atoms with Crippen LogP contribution in [-0.4, -0.2) is 21.7 Å². The summed E-state index contributed by atoms with van der Waals surface area (Å²) in [5.74, 6) is 2.13. The lowest BCUT2D eigenvalue weighted by atomic mass is 9.48. The van der Waals surface area contributed by atoms with Gasteiger partial charge in [0.15, 0.2) is 5.69 Å². The number of aromatic nitrogens is 2. The standard InChI is InChI=1S/C19H26F3N3O/c1-11-3-16(19(20,21)22)24-25(11)10-17(26)23-12(2)18-7-13-4-14(8-18)6-15(5-13)9-18/h3,12-15H,4-10H2,1-2H3,(H,23,26). The Morgan fingerprint density at radius 1 is 1.27 bits per heavy atom. The molecule has 4 aliphatic rings. The minimum absolute atomic E-state index is 0.0568. The van der Waals surface area contributed by atoms with Gasteiger partial charge >= 0.3 is 6.18 Å². The molecule has 7 heteroatoms. The van der Waals surface area contributed by atoms with Gasteiger partial charge in [-0.1, -0.05) is 0 Å². The zero-order chi connectivity index (χ0) is 18.7. The summed E-state index contributed by atoms with van der Waals surface area (Å²) >= 11 is 0. The number of alkyl halides is 3. The Balaban J connectivity index is 1.42. The van der Waals surface area contributed by atoms with Gasteiger partial charge < -0.3 is 5.32 Å². The fraction of sp³-hybridized carbons (Fsp3) is 0.789. The molecule has 1 aromatic rings. The molecule has 4 aliphatic carbocycles. The highest BCUT2D eigenvalue weighted by atomic mass is 19.4. The van der Waals surface area contributed by atoms with Gasteiger partial charge in [-0.15, -0.1) is 0 Å². The molecule has 4 saturated carbocycles. The molecule has 1 N–H and O–H groups in total. The lowest BCUT2D eigenvalue weighted by molar-refractivity contribution is -0.141. The first-order valence-electron chi connectivity index (χ1n) is 9.56. The molecule has 144 valence electrons. The Morgan fingerprint density at radius 2 is 1.81 bits per heavy atom. The predicted octanol–water partition coefficient (Wildman–Crippen LogP) is 3.93. The highest BCUT2D eigenvalue weighted by Crippen LogP contribution is 2.61. The Labute approximate surface area is 151 Å². The van der Waals surface area contributed by atoms with Crippen molar-refractivity contribution in [2.24, 2.45) is 23.2 Å². The summed E-state index contributed by atoms with van der Waals surface area (Å²) in [7, 11) is 0. The molecule has 1 heterocycles. The summed E-state index contributed by atoms with van der Waals surface area (Å²) in [6, 6.07) is 1.04. The van der Waals surface area contributed by atoms with Crippen LogP contribution in [0.25, 0.3) is 0 Å². The van der Waals surface area contributed by atoms with Crippen LogP contribution in [0.5, 0.6) is 0 Å². The molecule has 1 aromatic heterocycles. The van der Waals surface area contributed by atoms with E-state index < -0.39 is 11.9 Å². The van der Waals surface area contributed by atoms with Gasteiger partial charge in [-0.3, -0.25) is 9.48 Å². The van der Waals surface area contributed by atoms with Crippen LogP contribution < -0.4 is 5.32 Å². The van der Waals surface area contributed by atoms with E-state index in [0.717, 1.165) is 28.5 Å². The molecule has 0 spiro atoms. The minimum Gasteiger partial charge on any atom is -0.351 e. The van der Waals surface area contributed by atoms with E-state index in [1.54, 1.807) is 0 Å². The van der Waals surface area contributed by atoms with Gasteiger partial charge in [0.1, 0.15) is 6.54 Å². The first-order chi connectivity index (χ1) is 12.1. The first-order valence-corrected chi connectivity index (χ1v) is 9.56. The van der Waals surface area contributed by atoms with Gasteiger partial charge in [0.2, 0.25) is 5.91 Å². The molecule has 5 rings (SSSR count). The number of nitrogens with one attached hydrogen (secondary N) is 1. The maximum Gasteiger partial charge on any atom is 0.435 e. The SMILES string of the molecule is Cc1cc(C(F)(F)F)nn1CC(=O)NC(C)C12CC3CC(CC(C3)C1)C2. The summed E-state index contributed by atoms with van der Waals surface area (Å²) in [6.07, 6.45) is 3.07. The molecule has 1 amide bonds. The smallest absolute Gasteiger partial charge is 0.351 e. The highest BCUT2D eigenvalue weighted by molar-refractivity contribution is 5.76. The summed E-state index contributed by atoms with van der Waals surface area (Å²) in [5.41, 5.74) is -0.424. The summed E-state index contributed by atoms with van der Waals surface area (Å²) in [5, 5.41) is 6.63. The third-order valence-corrected chi connectivity index (χ3v) is 6.95. The third kappa shape index (κ3) is 3.14. The van der Waals surface area contributed by atoms with Crippen LogP contribution in [-0.2, 0) is 17.5 Å². The van der Waals surface area contributed by atoms with Gasteiger partial charge in [0.05, 0.1) is 0 Å². The van der Waals surface area contributed by atoms with Crippen molar-refractivity contribution in [1.82, 2.24) is 15.1 Å². The second kappa shape index (κ2) is 5.99. The predicted molar refractivity (Wildman–Crippen MR) is 90.2 cm³/mol. The summed E-state index contributed by atoms with van der Waals surface area (Å²) < 4.78 is 39.5. The fourth-order valence-corrected chi connectivity index (χ4v) is 6.09. The van der Waals surface area contributed by atoms with E-state index in [1.165, 1.54) is 45.4 Å². The molecular formula is C19H26F3N3O. The Morgan fingerprint density at radius 3 is 2.27 bits per heavy atom. The molecule has 4 nitrogen and oxygen atoms in total. The lowest BCUT2D eigenvalue weighted by Gasteiger charge is -2.59. The van der Waals surface area contributed by atoms with E-state index in [-0.39, 0.29) is 23.9 Å². The zero-order valence-corrected chi connectivity index (χ0v) is 15.3. The Kier molecular flexibility index (Phi) is 4.12. The van der Waals surface area contributed by atoms with Gasteiger partial charge in [-0.2, -0.15) is 18.3 Å². The Hall–Kier alpha value is -1.53. The van der Waals surface area contributed by atoms with Crippen LogP contribution in [0, 0.1) is 30.1 Å². The molecular weight excluding hydrogens is 343 g/mol. The van der Waals surface area contributed by atoms with Crippen molar-refractivity contribution in [3.8, 4) is 0 Å². The van der Waals surface area contributed by atoms with Crippen molar-refractivity contribution >= 4 is 5.91 Å². The number of carbonyl (C=O) groups excluding carboxylic acids is 1. The van der Waals surface area contributed by atoms with E-state index in [4.69, 9.17) is 0 Å². The molecule has 0 radical (unpaired) electrons. The Bertz CT molecular complexity index is 674. The van der Waals surface area contributed by atoms with Gasteiger partial charge in [0.25, 0.3) is 0 Å². The van der Waals surface area contributed by atoms with Crippen LogP contribution in [0.15, 0.2) is 6.07 Å². The van der Waals surface area contributed by atoms with E-state index in [9.17, 15) is 18.0 Å². The maximum atomic E-state index is 12.8. The van der Waals surface area contributed by atoms with Gasteiger partial charge in [0, 0.05) is 11.7 Å². The van der Waals surface area contributed by atoms with Crippen molar-refractivity contribution in [3.63, 3.8) is 0 Å². The molecule has 0 aromatic carbocycles. The number of carbonyl (C=O) groups is 1. The van der Waals surface area contributed by atoms with Gasteiger partial charge in [-0.05, 0) is 81.6 Å². The van der Waals surface area contributed by atoms with Crippen molar-refractivity contribution < 1.29 is 18.0 Å². The fourth-order valence-electron chi connectivity index (χ4n) is 6.09. The van der Waals surface area contributed by atoms with Crippen LogP contribution >= 0.6 is 0 Å². The first kappa shape index (κ1) is 17.9. The van der Waals surface area contributed by atoms with Crippen molar-refractivity contribution in [3.05, 3.63) is 17.5 Å². The molecule has 0 saturated heterocycles. The average molecular weight is 369 g/mol. The van der Waals surface area contributed by atoms with E-state index in [0.29, 0.717) is 5.69 Å². The normalized spacial score (nSPS) is 34.1. The van der Waals surface area contributed by atoms with Crippen molar-refractivity contribution in [2.75, 3.05) is 0 Å². The molecule has 4 bridgehead atoms. The van der Waals surface area contributed by atoms with Crippen LogP contribution in [0.4, 0.5) is 13.2 Å². The number of amides is 1. The highest BCUT2D eigenvalue weighted by Gasteiger charge is 2.53. The number of hydrogen-bond acceptors (Lipinski definition) is 2. The second-order valence-electron chi connectivity index (χ2n) is 8.90. The van der Waals surface area contributed by atoms with Crippen LogP contribution in [0.3, 0.4) is 0 Å². The van der Waals surface area contributed by atoms with E-state index in [1.807, 2.05) is 0 Å². The molecule has 1 atom stereocenters. The zero-order valence-electron chi connectivity index (χ0n) is 15.3. The number of aryl methyl sites for hydroxylation is 1. The molecule has 0 aliphatic heterocycles. The average Bonchev–Trinajstić information content (AvgIpc) is 2.87. The monoisotopic (exact) mass is 369 g/mol. The van der Waals surface area contributed by atoms with E-state index in [2.05, 4.69) is 17.3 Å². The number of hydrogen-bond donors (Lipinski definition) is 1. The second-order valence-corrected chi connectivity index (χ2v) is 8.90. The molecule has 4 fully saturated rings. The summed E-state index contributed by atoms with van der Waals surface area (Å²) in [4.78, 5) is 12.5. The maximum absolute atomic E-state index is 12.8. The van der Waals surface area contributed by atoms with E-state index >= 15 is 0 Å². The number of rotatable bonds is 4. The van der Waals surface area contributed by atoms with Crippen LogP contribution in [0.1, 0.15) is 56.8 Å². The number of halogens is 3. The third-order valence-electron chi connectivity index (χ3n) is 6.95. The lowest BCUT2D eigenvalue weighted by Crippen LogP contribution is -2.56. The van der Waals surface area contributed by atoms with Crippen molar-refractivity contribution in [2.45, 2.75) is 71.1 Å².